The summed E-state index contributed by atoms with van der Waals surface area (Å²) in [6, 6.07) is 12.1. The van der Waals surface area contributed by atoms with E-state index in [1.165, 1.54) is 11.3 Å². The van der Waals surface area contributed by atoms with Crippen molar-refractivity contribution in [1.82, 2.24) is 15.0 Å². The van der Waals surface area contributed by atoms with Crippen molar-refractivity contribution in [1.29, 1.82) is 5.26 Å². The average molecular weight is 573 g/mol. The SMILES string of the molecule is CCOc1cccc(-c2nc(SCC(=O)Nc3nc(-c4cc(Cl)c(N)c(Cl)c4)cs3)[nH]c(=O)c2C#N)c1. The maximum absolute atomic E-state index is 12.6. The summed E-state index contributed by atoms with van der Waals surface area (Å²) in [5, 5.41) is 15.2. The second-order valence-corrected chi connectivity index (χ2v) is 10.0. The number of nitrogen functional groups attached to an aromatic ring is 1. The van der Waals surface area contributed by atoms with Crippen LogP contribution < -0.4 is 21.3 Å². The predicted molar refractivity (Wildman–Crippen MR) is 148 cm³/mol. The van der Waals surface area contributed by atoms with Gasteiger partial charge in [0.2, 0.25) is 5.91 Å². The molecule has 0 aliphatic rings. The monoisotopic (exact) mass is 572 g/mol. The van der Waals surface area contributed by atoms with Crippen LogP contribution in [0.4, 0.5) is 10.8 Å². The Morgan fingerprint density at radius 2 is 2.00 bits per heavy atom. The molecule has 0 saturated heterocycles. The Bertz CT molecular complexity index is 1560. The number of rotatable bonds is 8. The average Bonchev–Trinajstić information content (AvgIpc) is 3.34. The lowest BCUT2D eigenvalue weighted by molar-refractivity contribution is -0.113. The van der Waals surface area contributed by atoms with E-state index in [1.54, 1.807) is 41.8 Å². The predicted octanol–water partition coefficient (Wildman–Crippen LogP) is 5.45. The van der Waals surface area contributed by atoms with Crippen molar-refractivity contribution in [3.63, 3.8) is 0 Å². The number of thioether (sulfide) groups is 1. The molecule has 0 atom stereocenters. The lowest BCUT2D eigenvalue weighted by Gasteiger charge is -2.08. The third-order valence-electron chi connectivity index (χ3n) is 4.89. The van der Waals surface area contributed by atoms with Crippen molar-refractivity contribution < 1.29 is 9.53 Å². The zero-order valence-corrected chi connectivity index (χ0v) is 22.3. The Labute approximate surface area is 229 Å². The molecule has 0 radical (unpaired) electrons. The van der Waals surface area contributed by atoms with Gasteiger partial charge in [-0.05, 0) is 31.2 Å². The Balaban J connectivity index is 1.47. The van der Waals surface area contributed by atoms with Gasteiger partial charge in [-0.3, -0.25) is 9.59 Å². The van der Waals surface area contributed by atoms with E-state index in [0.29, 0.717) is 44.4 Å². The number of thiazole rings is 1. The van der Waals surface area contributed by atoms with Gasteiger partial charge in [0.1, 0.15) is 17.4 Å². The molecule has 4 aromatic rings. The minimum Gasteiger partial charge on any atom is -0.494 e. The zero-order valence-electron chi connectivity index (χ0n) is 19.2. The number of hydrogen-bond acceptors (Lipinski definition) is 9. The topological polar surface area (TPSA) is 147 Å². The molecule has 0 aliphatic carbocycles. The number of hydrogen-bond donors (Lipinski definition) is 3. The normalized spacial score (nSPS) is 10.6. The van der Waals surface area contributed by atoms with Crippen LogP contribution in [0.5, 0.6) is 5.75 Å². The van der Waals surface area contributed by atoms with E-state index in [1.807, 2.05) is 13.0 Å². The van der Waals surface area contributed by atoms with Crippen LogP contribution in [0.15, 0.2) is 51.7 Å². The van der Waals surface area contributed by atoms with Gasteiger partial charge in [-0.1, -0.05) is 47.1 Å². The highest BCUT2D eigenvalue weighted by molar-refractivity contribution is 7.99. The number of benzene rings is 2. The molecule has 188 valence electrons. The van der Waals surface area contributed by atoms with E-state index in [-0.39, 0.29) is 33.8 Å². The van der Waals surface area contributed by atoms with Crippen molar-refractivity contribution in [2.24, 2.45) is 0 Å². The standard InChI is InChI=1S/C24H18Cl2N6O3S2/c1-2-35-14-5-3-4-12(6-14)21-15(9-27)22(34)32-24(31-21)37-11-19(33)30-23-29-18(10-36-23)13-7-16(25)20(28)17(26)8-13/h3-8,10H,2,11,28H2,1H3,(H,29,30,33)(H,31,32,34). The molecular formula is C24H18Cl2N6O3S2. The van der Waals surface area contributed by atoms with E-state index in [0.717, 1.165) is 11.8 Å². The first-order valence-corrected chi connectivity index (χ1v) is 13.3. The number of nitriles is 1. The number of nitrogens with one attached hydrogen (secondary N) is 2. The Hall–Kier alpha value is -3.56. The highest BCUT2D eigenvalue weighted by Crippen LogP contribution is 2.34. The van der Waals surface area contributed by atoms with Gasteiger partial charge in [0, 0.05) is 16.5 Å². The van der Waals surface area contributed by atoms with Gasteiger partial charge in [-0.15, -0.1) is 11.3 Å². The number of aromatic nitrogens is 3. The lowest BCUT2D eigenvalue weighted by Crippen LogP contribution is -2.17. The van der Waals surface area contributed by atoms with Crippen molar-refractivity contribution in [3.05, 3.63) is 67.7 Å². The van der Waals surface area contributed by atoms with Crippen LogP contribution in [-0.2, 0) is 4.79 Å². The first-order chi connectivity index (χ1) is 17.8. The van der Waals surface area contributed by atoms with Crippen LogP contribution >= 0.6 is 46.3 Å². The molecule has 2 aromatic heterocycles. The van der Waals surface area contributed by atoms with E-state index >= 15 is 0 Å². The summed E-state index contributed by atoms with van der Waals surface area (Å²) in [6.45, 7) is 2.32. The quantitative estimate of drug-likeness (QED) is 0.143. The molecule has 2 heterocycles. The summed E-state index contributed by atoms with van der Waals surface area (Å²) in [7, 11) is 0. The molecule has 0 unspecified atom stereocenters. The van der Waals surface area contributed by atoms with Gasteiger partial charge >= 0.3 is 0 Å². The number of nitrogens with zero attached hydrogens (tertiary/aromatic N) is 3. The first kappa shape index (κ1) is 26.5. The molecule has 0 spiro atoms. The number of amides is 1. The zero-order chi connectivity index (χ0) is 26.5. The highest BCUT2D eigenvalue weighted by atomic mass is 35.5. The van der Waals surface area contributed by atoms with Gasteiger partial charge in [0.25, 0.3) is 5.56 Å². The molecule has 13 heteroatoms. The minimum atomic E-state index is -0.595. The number of nitrogens with two attached hydrogens (primary N) is 1. The molecule has 0 fully saturated rings. The van der Waals surface area contributed by atoms with Gasteiger partial charge in [-0.25, -0.2) is 9.97 Å². The number of carbonyl (C=O) groups excluding carboxylic acids is 1. The summed E-state index contributed by atoms with van der Waals surface area (Å²) >= 11 is 14.5. The van der Waals surface area contributed by atoms with Crippen molar-refractivity contribution in [3.8, 4) is 34.3 Å². The third kappa shape index (κ3) is 6.23. The second-order valence-electron chi connectivity index (χ2n) is 7.40. The molecule has 37 heavy (non-hydrogen) atoms. The Morgan fingerprint density at radius 3 is 2.70 bits per heavy atom. The van der Waals surface area contributed by atoms with Crippen LogP contribution in [-0.4, -0.2) is 33.2 Å². The molecule has 0 saturated carbocycles. The molecule has 0 bridgehead atoms. The first-order valence-electron chi connectivity index (χ1n) is 10.7. The molecule has 0 aliphatic heterocycles. The van der Waals surface area contributed by atoms with Crippen molar-refractivity contribution in [2.45, 2.75) is 12.1 Å². The number of halogens is 2. The fraction of sp³-hybridized carbons (Fsp3) is 0.125. The van der Waals surface area contributed by atoms with E-state index < -0.39 is 5.56 Å². The summed E-state index contributed by atoms with van der Waals surface area (Å²) < 4.78 is 5.51. The number of anilines is 2. The number of aromatic amines is 1. The fourth-order valence-electron chi connectivity index (χ4n) is 3.22. The van der Waals surface area contributed by atoms with Crippen LogP contribution in [0.25, 0.3) is 22.5 Å². The molecule has 9 nitrogen and oxygen atoms in total. The van der Waals surface area contributed by atoms with E-state index in [2.05, 4.69) is 20.3 Å². The minimum absolute atomic E-state index is 0.0539. The van der Waals surface area contributed by atoms with Gasteiger partial charge in [0.15, 0.2) is 10.3 Å². The summed E-state index contributed by atoms with van der Waals surface area (Å²) in [4.78, 5) is 36.4. The number of carbonyl (C=O) groups is 1. The van der Waals surface area contributed by atoms with Crippen molar-refractivity contribution >= 4 is 63.0 Å². The number of H-pyrrole nitrogens is 1. The molecule has 1 amide bonds. The maximum Gasteiger partial charge on any atom is 0.270 e. The Morgan fingerprint density at radius 1 is 1.24 bits per heavy atom. The summed E-state index contributed by atoms with van der Waals surface area (Å²) in [5.41, 5.74) is 7.35. The van der Waals surface area contributed by atoms with Crippen LogP contribution in [0, 0.1) is 11.3 Å². The molecule has 4 rings (SSSR count). The summed E-state index contributed by atoms with van der Waals surface area (Å²) in [5.74, 6) is 0.180. The molecule has 2 aromatic carbocycles. The van der Waals surface area contributed by atoms with Gasteiger partial charge in [-0.2, -0.15) is 5.26 Å². The fourth-order valence-corrected chi connectivity index (χ4v) is 5.10. The van der Waals surface area contributed by atoms with Crippen molar-refractivity contribution in [2.75, 3.05) is 23.4 Å². The van der Waals surface area contributed by atoms with E-state index in [9.17, 15) is 14.9 Å². The third-order valence-corrected chi connectivity index (χ3v) is 7.15. The lowest BCUT2D eigenvalue weighted by atomic mass is 10.1. The Kier molecular flexibility index (Phi) is 8.35. The van der Waals surface area contributed by atoms with Gasteiger partial charge in [0.05, 0.1) is 39.5 Å². The summed E-state index contributed by atoms with van der Waals surface area (Å²) in [6.07, 6.45) is 0. The van der Waals surface area contributed by atoms with Gasteiger partial charge < -0.3 is 20.8 Å². The van der Waals surface area contributed by atoms with Crippen LogP contribution in [0.2, 0.25) is 10.0 Å². The molecule has 4 N–H and O–H groups in total. The highest BCUT2D eigenvalue weighted by Gasteiger charge is 2.16. The van der Waals surface area contributed by atoms with E-state index in [4.69, 9.17) is 33.7 Å². The second kappa shape index (κ2) is 11.7. The van der Waals surface area contributed by atoms with Crippen LogP contribution in [0.3, 0.4) is 0 Å². The van der Waals surface area contributed by atoms with Crippen LogP contribution in [0.1, 0.15) is 12.5 Å². The largest absolute Gasteiger partial charge is 0.494 e. The number of ether oxygens (including phenoxy) is 1. The smallest absolute Gasteiger partial charge is 0.270 e. The molecular weight excluding hydrogens is 555 g/mol. The maximum atomic E-state index is 12.6.